The molecule has 1 fully saturated rings. The van der Waals surface area contributed by atoms with E-state index in [9.17, 15) is 4.79 Å². The van der Waals surface area contributed by atoms with Crippen molar-refractivity contribution in [1.29, 1.82) is 0 Å². The summed E-state index contributed by atoms with van der Waals surface area (Å²) in [5, 5.41) is 0. The smallest absolute Gasteiger partial charge is 0.272 e. The Hall–Kier alpha value is -2.82. The number of benzene rings is 1. The van der Waals surface area contributed by atoms with Crippen molar-refractivity contribution >= 4 is 17.2 Å². The van der Waals surface area contributed by atoms with Crippen LogP contribution in [0.15, 0.2) is 48.7 Å². The van der Waals surface area contributed by atoms with Gasteiger partial charge in [-0.15, -0.1) is 0 Å². The average Bonchev–Trinajstić information content (AvgIpc) is 3.06. The topological polar surface area (TPSA) is 40.9 Å². The Morgan fingerprint density at radius 1 is 1.04 bits per heavy atom. The summed E-state index contributed by atoms with van der Waals surface area (Å²) in [5.74, 6) is 0.0904. The lowest BCUT2D eigenvalue weighted by molar-refractivity contribution is 0.0738. The van der Waals surface area contributed by atoms with Crippen LogP contribution in [0.1, 0.15) is 28.7 Å². The fourth-order valence-corrected chi connectivity index (χ4v) is 3.63. The van der Waals surface area contributed by atoms with Crippen molar-refractivity contribution in [2.45, 2.75) is 20.3 Å². The molecular weight excluding hydrogens is 324 g/mol. The minimum Gasteiger partial charge on any atom is -0.368 e. The van der Waals surface area contributed by atoms with Crippen LogP contribution in [0.5, 0.6) is 0 Å². The first-order valence-corrected chi connectivity index (χ1v) is 9.24. The molecule has 0 atom stereocenters. The summed E-state index contributed by atoms with van der Waals surface area (Å²) >= 11 is 0. The van der Waals surface area contributed by atoms with E-state index in [0.717, 1.165) is 55.2 Å². The molecule has 5 heteroatoms. The second-order valence-electron chi connectivity index (χ2n) is 6.81. The highest BCUT2D eigenvalue weighted by atomic mass is 16.2. The van der Waals surface area contributed by atoms with Gasteiger partial charge in [0.25, 0.3) is 5.91 Å². The van der Waals surface area contributed by atoms with Gasteiger partial charge in [0, 0.05) is 38.1 Å². The van der Waals surface area contributed by atoms with Crippen LogP contribution in [0.3, 0.4) is 0 Å². The van der Waals surface area contributed by atoms with Crippen molar-refractivity contribution < 1.29 is 4.79 Å². The number of amides is 1. The van der Waals surface area contributed by atoms with Crippen LogP contribution in [0, 0.1) is 6.92 Å². The number of carbonyl (C=O) groups is 1. The molecule has 2 aromatic heterocycles. The van der Waals surface area contributed by atoms with Crippen molar-refractivity contribution in [2.24, 2.45) is 0 Å². The maximum Gasteiger partial charge on any atom is 0.272 e. The van der Waals surface area contributed by atoms with Gasteiger partial charge in [-0.25, -0.2) is 4.98 Å². The van der Waals surface area contributed by atoms with E-state index in [2.05, 4.69) is 41.1 Å². The number of hydrogen-bond donors (Lipinski definition) is 0. The fourth-order valence-electron chi connectivity index (χ4n) is 3.63. The van der Waals surface area contributed by atoms with Gasteiger partial charge >= 0.3 is 0 Å². The maximum atomic E-state index is 13.3. The Bertz CT molecular complexity index is 924. The lowest BCUT2D eigenvalue weighted by atomic mass is 10.2. The number of piperazine rings is 1. The first-order valence-electron chi connectivity index (χ1n) is 9.24. The van der Waals surface area contributed by atoms with E-state index in [-0.39, 0.29) is 5.91 Å². The molecule has 0 saturated carbocycles. The molecule has 1 aliphatic heterocycles. The van der Waals surface area contributed by atoms with Crippen LogP contribution < -0.4 is 4.90 Å². The normalized spacial score (nSPS) is 14.8. The molecule has 26 heavy (non-hydrogen) atoms. The van der Waals surface area contributed by atoms with E-state index < -0.39 is 0 Å². The molecule has 0 unspecified atom stereocenters. The highest BCUT2D eigenvalue weighted by Crippen LogP contribution is 2.20. The van der Waals surface area contributed by atoms with Gasteiger partial charge in [-0.05, 0) is 37.1 Å². The number of anilines is 1. The molecule has 0 spiro atoms. The molecule has 1 aliphatic rings. The number of nitrogens with zero attached hydrogens (tertiary/aromatic N) is 4. The number of aromatic nitrogens is 2. The van der Waals surface area contributed by atoms with Gasteiger partial charge in [0.05, 0.1) is 5.69 Å². The van der Waals surface area contributed by atoms with Crippen LogP contribution >= 0.6 is 0 Å². The number of aryl methyl sites for hydroxylation is 2. The number of fused-ring (bicyclic) bond motifs is 1. The van der Waals surface area contributed by atoms with Crippen LogP contribution in [-0.4, -0.2) is 46.4 Å². The molecule has 1 saturated heterocycles. The zero-order valence-electron chi connectivity index (χ0n) is 15.4. The SMILES string of the molecule is CCc1nc2ccc(C)cn2c1C(=O)N1CCN(c2ccccc2)CC1. The van der Waals surface area contributed by atoms with Gasteiger partial charge in [-0.3, -0.25) is 9.20 Å². The van der Waals surface area contributed by atoms with E-state index >= 15 is 0 Å². The van der Waals surface area contributed by atoms with E-state index in [1.165, 1.54) is 5.69 Å². The average molecular weight is 348 g/mol. The Morgan fingerprint density at radius 2 is 1.77 bits per heavy atom. The predicted octanol–water partition coefficient (Wildman–Crippen LogP) is 3.17. The molecule has 1 aromatic carbocycles. The zero-order chi connectivity index (χ0) is 18.1. The highest BCUT2D eigenvalue weighted by molar-refractivity contribution is 5.95. The van der Waals surface area contributed by atoms with Crippen LogP contribution in [0.2, 0.25) is 0 Å². The van der Waals surface area contributed by atoms with Gasteiger partial charge in [0.2, 0.25) is 0 Å². The molecule has 0 N–H and O–H groups in total. The first-order chi connectivity index (χ1) is 12.7. The predicted molar refractivity (Wildman–Crippen MR) is 104 cm³/mol. The zero-order valence-corrected chi connectivity index (χ0v) is 15.4. The number of imidazole rings is 1. The lowest BCUT2D eigenvalue weighted by Crippen LogP contribution is -2.49. The Labute approximate surface area is 153 Å². The first kappa shape index (κ1) is 16.6. The van der Waals surface area contributed by atoms with Gasteiger partial charge in [-0.2, -0.15) is 0 Å². The quantitative estimate of drug-likeness (QED) is 0.730. The van der Waals surface area contributed by atoms with E-state index in [0.29, 0.717) is 0 Å². The summed E-state index contributed by atoms with van der Waals surface area (Å²) in [6, 6.07) is 14.4. The number of carbonyl (C=O) groups excluding carboxylic acids is 1. The van der Waals surface area contributed by atoms with Gasteiger partial charge in [0.1, 0.15) is 11.3 Å². The summed E-state index contributed by atoms with van der Waals surface area (Å²) in [6.45, 7) is 7.27. The summed E-state index contributed by atoms with van der Waals surface area (Å²) in [7, 11) is 0. The molecule has 0 bridgehead atoms. The molecule has 4 rings (SSSR count). The monoisotopic (exact) mass is 348 g/mol. The van der Waals surface area contributed by atoms with Crippen LogP contribution in [0.4, 0.5) is 5.69 Å². The lowest BCUT2D eigenvalue weighted by Gasteiger charge is -2.36. The van der Waals surface area contributed by atoms with Crippen molar-refractivity contribution in [3.8, 4) is 0 Å². The molecule has 5 nitrogen and oxygen atoms in total. The largest absolute Gasteiger partial charge is 0.368 e. The van der Waals surface area contributed by atoms with Gasteiger partial charge in [0.15, 0.2) is 0 Å². The Morgan fingerprint density at radius 3 is 2.46 bits per heavy atom. The maximum absolute atomic E-state index is 13.3. The molecule has 0 radical (unpaired) electrons. The molecule has 3 heterocycles. The number of hydrogen-bond acceptors (Lipinski definition) is 3. The summed E-state index contributed by atoms with van der Waals surface area (Å²) in [4.78, 5) is 22.2. The fraction of sp³-hybridized carbons (Fsp3) is 0.333. The Kier molecular flexibility index (Phi) is 4.37. The second-order valence-corrected chi connectivity index (χ2v) is 6.81. The minimum absolute atomic E-state index is 0.0904. The number of rotatable bonds is 3. The van der Waals surface area contributed by atoms with E-state index in [1.807, 2.05) is 40.6 Å². The van der Waals surface area contributed by atoms with Crippen molar-refractivity contribution in [3.63, 3.8) is 0 Å². The van der Waals surface area contributed by atoms with E-state index in [4.69, 9.17) is 0 Å². The standard InChI is InChI=1S/C21H24N4O/c1-3-18-20(25-15-16(2)9-10-19(25)22-18)21(26)24-13-11-23(12-14-24)17-7-5-4-6-8-17/h4-10,15H,3,11-14H2,1-2H3. The molecule has 0 aliphatic carbocycles. The molecular formula is C21H24N4O. The Balaban J connectivity index is 1.57. The number of para-hydroxylation sites is 1. The molecule has 3 aromatic rings. The summed E-state index contributed by atoms with van der Waals surface area (Å²) < 4.78 is 1.96. The third kappa shape index (κ3) is 2.94. The van der Waals surface area contributed by atoms with Gasteiger partial charge in [-0.1, -0.05) is 31.2 Å². The number of pyridine rings is 1. The van der Waals surface area contributed by atoms with E-state index in [1.54, 1.807) is 0 Å². The summed E-state index contributed by atoms with van der Waals surface area (Å²) in [6.07, 6.45) is 2.76. The molecule has 134 valence electrons. The van der Waals surface area contributed by atoms with Crippen LogP contribution in [0.25, 0.3) is 5.65 Å². The summed E-state index contributed by atoms with van der Waals surface area (Å²) in [5.41, 5.74) is 4.80. The van der Waals surface area contributed by atoms with Crippen LogP contribution in [-0.2, 0) is 6.42 Å². The van der Waals surface area contributed by atoms with Crippen molar-refractivity contribution in [1.82, 2.24) is 14.3 Å². The van der Waals surface area contributed by atoms with Crippen molar-refractivity contribution in [3.05, 3.63) is 65.6 Å². The van der Waals surface area contributed by atoms with Crippen molar-refractivity contribution in [2.75, 3.05) is 31.1 Å². The van der Waals surface area contributed by atoms with Gasteiger partial charge < -0.3 is 9.80 Å². The second kappa shape index (κ2) is 6.83. The minimum atomic E-state index is 0.0904. The highest BCUT2D eigenvalue weighted by Gasteiger charge is 2.27. The third-order valence-corrected chi connectivity index (χ3v) is 5.06. The molecule has 1 amide bonds. The third-order valence-electron chi connectivity index (χ3n) is 5.06.